The molecule has 19 heavy (non-hydrogen) atoms. The number of anilines is 1. The summed E-state index contributed by atoms with van der Waals surface area (Å²) in [5.41, 5.74) is 2.24. The Morgan fingerprint density at radius 2 is 2.16 bits per heavy atom. The second-order valence-electron chi connectivity index (χ2n) is 4.98. The second-order valence-corrected chi connectivity index (χ2v) is 6.28. The minimum atomic E-state index is 0.414. The predicted octanol–water partition coefficient (Wildman–Crippen LogP) is 4.64. The summed E-state index contributed by atoms with van der Waals surface area (Å²) in [5, 5.41) is 2.10. The molecule has 102 valence electrons. The first-order chi connectivity index (χ1) is 9.10. The quantitative estimate of drug-likeness (QED) is 0.747. The molecular formula is C15H19ClN2S. The van der Waals surface area contributed by atoms with Crippen LogP contribution in [0.5, 0.6) is 0 Å². The molecule has 2 nitrogen and oxygen atoms in total. The van der Waals surface area contributed by atoms with E-state index in [0.717, 1.165) is 23.6 Å². The van der Waals surface area contributed by atoms with E-state index in [1.807, 2.05) is 0 Å². The topological polar surface area (TPSA) is 16.1 Å². The number of hydrogen-bond acceptors (Lipinski definition) is 3. The van der Waals surface area contributed by atoms with Crippen molar-refractivity contribution in [1.82, 2.24) is 4.98 Å². The van der Waals surface area contributed by atoms with Crippen LogP contribution in [0.4, 0.5) is 5.82 Å². The summed E-state index contributed by atoms with van der Waals surface area (Å²) in [6.07, 6.45) is 0. The van der Waals surface area contributed by atoms with Crippen molar-refractivity contribution >= 4 is 28.8 Å². The number of pyridine rings is 1. The van der Waals surface area contributed by atoms with Gasteiger partial charge in [-0.25, -0.2) is 4.98 Å². The summed E-state index contributed by atoms with van der Waals surface area (Å²) in [4.78, 5) is 8.25. The Kier molecular flexibility index (Phi) is 4.83. The van der Waals surface area contributed by atoms with Gasteiger partial charge in [-0.15, -0.1) is 22.9 Å². The van der Waals surface area contributed by atoms with E-state index in [1.54, 1.807) is 11.3 Å². The zero-order valence-corrected chi connectivity index (χ0v) is 13.1. The van der Waals surface area contributed by atoms with Gasteiger partial charge in [0.05, 0.1) is 6.54 Å². The van der Waals surface area contributed by atoms with Crippen molar-refractivity contribution in [3.8, 4) is 0 Å². The Hall–Kier alpha value is -1.06. The number of rotatable bonds is 5. The molecule has 2 aromatic heterocycles. The Morgan fingerprint density at radius 3 is 2.74 bits per heavy atom. The molecule has 0 saturated heterocycles. The van der Waals surface area contributed by atoms with Crippen molar-refractivity contribution in [2.24, 2.45) is 0 Å². The molecular weight excluding hydrogens is 276 g/mol. The molecule has 0 aliphatic carbocycles. The molecule has 0 bridgehead atoms. The molecule has 4 heteroatoms. The van der Waals surface area contributed by atoms with Gasteiger partial charge in [-0.3, -0.25) is 0 Å². The van der Waals surface area contributed by atoms with Crippen LogP contribution in [-0.2, 0) is 12.4 Å². The maximum atomic E-state index is 5.98. The standard InChI is InChI=1S/C15H19ClN2S/c1-11(2)14-7-12(9-16)8-15(17-14)18(3)10-13-5-4-6-19-13/h4-8,11H,9-10H2,1-3H3. The minimum Gasteiger partial charge on any atom is -0.355 e. The van der Waals surface area contributed by atoms with Crippen molar-refractivity contribution in [2.45, 2.75) is 32.2 Å². The summed E-state index contributed by atoms with van der Waals surface area (Å²) in [5.74, 6) is 1.94. The van der Waals surface area contributed by atoms with E-state index in [0.29, 0.717) is 11.8 Å². The monoisotopic (exact) mass is 294 g/mol. The minimum absolute atomic E-state index is 0.414. The smallest absolute Gasteiger partial charge is 0.129 e. The van der Waals surface area contributed by atoms with E-state index < -0.39 is 0 Å². The van der Waals surface area contributed by atoms with Crippen molar-refractivity contribution in [3.63, 3.8) is 0 Å². The fourth-order valence-electron chi connectivity index (χ4n) is 1.88. The fourth-order valence-corrected chi connectivity index (χ4v) is 2.79. The zero-order chi connectivity index (χ0) is 13.8. The molecule has 0 radical (unpaired) electrons. The predicted molar refractivity (Wildman–Crippen MR) is 84.3 cm³/mol. The Balaban J connectivity index is 2.24. The van der Waals surface area contributed by atoms with Crippen LogP contribution < -0.4 is 4.90 Å². The number of halogens is 1. The van der Waals surface area contributed by atoms with Crippen LogP contribution in [0.15, 0.2) is 29.6 Å². The van der Waals surface area contributed by atoms with Crippen molar-refractivity contribution in [3.05, 3.63) is 45.8 Å². The third-order valence-corrected chi connectivity index (χ3v) is 4.17. The highest BCUT2D eigenvalue weighted by Crippen LogP contribution is 2.22. The normalized spacial score (nSPS) is 11.0. The van der Waals surface area contributed by atoms with E-state index in [1.165, 1.54) is 4.88 Å². The van der Waals surface area contributed by atoms with E-state index in [-0.39, 0.29) is 0 Å². The lowest BCUT2D eigenvalue weighted by Crippen LogP contribution is -2.18. The molecule has 0 atom stereocenters. The number of nitrogens with zero attached hydrogens (tertiary/aromatic N) is 2. The molecule has 0 spiro atoms. The number of alkyl halides is 1. The summed E-state index contributed by atoms with van der Waals surface area (Å²) in [6.45, 7) is 5.20. The maximum Gasteiger partial charge on any atom is 0.129 e. The summed E-state index contributed by atoms with van der Waals surface area (Å²) < 4.78 is 0. The van der Waals surface area contributed by atoms with Crippen LogP contribution in [0.1, 0.15) is 35.9 Å². The summed E-state index contributed by atoms with van der Waals surface area (Å²) in [6, 6.07) is 8.40. The zero-order valence-electron chi connectivity index (χ0n) is 11.6. The van der Waals surface area contributed by atoms with Crippen LogP contribution in [0.3, 0.4) is 0 Å². The number of thiophene rings is 1. The van der Waals surface area contributed by atoms with E-state index in [9.17, 15) is 0 Å². The maximum absolute atomic E-state index is 5.98. The van der Waals surface area contributed by atoms with Gasteiger partial charge in [-0.1, -0.05) is 19.9 Å². The Bertz CT molecular complexity index is 523. The lowest BCUT2D eigenvalue weighted by Gasteiger charge is -2.20. The largest absolute Gasteiger partial charge is 0.355 e. The van der Waals surface area contributed by atoms with Crippen molar-refractivity contribution in [1.29, 1.82) is 0 Å². The molecule has 0 unspecified atom stereocenters. The van der Waals surface area contributed by atoms with Crippen LogP contribution in [-0.4, -0.2) is 12.0 Å². The average molecular weight is 295 g/mol. The lowest BCUT2D eigenvalue weighted by atomic mass is 10.1. The third kappa shape index (κ3) is 3.71. The van der Waals surface area contributed by atoms with Crippen molar-refractivity contribution < 1.29 is 0 Å². The van der Waals surface area contributed by atoms with Crippen LogP contribution in [0.2, 0.25) is 0 Å². The van der Waals surface area contributed by atoms with Gasteiger partial charge in [0.2, 0.25) is 0 Å². The highest BCUT2D eigenvalue weighted by Gasteiger charge is 2.10. The van der Waals surface area contributed by atoms with Gasteiger partial charge < -0.3 is 4.90 Å². The average Bonchev–Trinajstić information content (AvgIpc) is 2.90. The van der Waals surface area contributed by atoms with Gasteiger partial charge in [0, 0.05) is 23.5 Å². The Morgan fingerprint density at radius 1 is 1.37 bits per heavy atom. The molecule has 2 heterocycles. The van der Waals surface area contributed by atoms with E-state index in [2.05, 4.69) is 55.4 Å². The molecule has 2 rings (SSSR count). The molecule has 0 aliphatic rings. The molecule has 0 amide bonds. The Labute approximate surface area is 124 Å². The molecule has 0 aromatic carbocycles. The summed E-state index contributed by atoms with van der Waals surface area (Å²) >= 11 is 7.75. The molecule has 0 saturated carbocycles. The fraction of sp³-hybridized carbons (Fsp3) is 0.400. The van der Waals surface area contributed by atoms with Gasteiger partial charge >= 0.3 is 0 Å². The molecule has 0 aliphatic heterocycles. The van der Waals surface area contributed by atoms with Gasteiger partial charge in [-0.05, 0) is 35.1 Å². The summed E-state index contributed by atoms with van der Waals surface area (Å²) in [7, 11) is 2.07. The highest BCUT2D eigenvalue weighted by atomic mass is 35.5. The molecule has 2 aromatic rings. The van der Waals surface area contributed by atoms with E-state index >= 15 is 0 Å². The van der Waals surface area contributed by atoms with Crippen LogP contribution in [0, 0.1) is 0 Å². The van der Waals surface area contributed by atoms with Crippen LogP contribution >= 0.6 is 22.9 Å². The van der Waals surface area contributed by atoms with Gasteiger partial charge in [0.1, 0.15) is 5.82 Å². The van der Waals surface area contributed by atoms with Gasteiger partial charge in [-0.2, -0.15) is 0 Å². The van der Waals surface area contributed by atoms with Crippen LogP contribution in [0.25, 0.3) is 0 Å². The third-order valence-electron chi connectivity index (χ3n) is 3.00. The van der Waals surface area contributed by atoms with E-state index in [4.69, 9.17) is 16.6 Å². The SMILES string of the molecule is CC(C)c1cc(CCl)cc(N(C)Cc2cccs2)n1. The number of hydrogen-bond donors (Lipinski definition) is 0. The highest BCUT2D eigenvalue weighted by molar-refractivity contribution is 7.09. The van der Waals surface area contributed by atoms with Crippen molar-refractivity contribution in [2.75, 3.05) is 11.9 Å². The number of aromatic nitrogens is 1. The first kappa shape index (κ1) is 14.4. The van der Waals surface area contributed by atoms with Gasteiger partial charge in [0.25, 0.3) is 0 Å². The lowest BCUT2D eigenvalue weighted by molar-refractivity contribution is 0.805. The van der Waals surface area contributed by atoms with Gasteiger partial charge in [0.15, 0.2) is 0 Å². The molecule has 0 fully saturated rings. The molecule has 0 N–H and O–H groups in total. The first-order valence-corrected chi connectivity index (χ1v) is 7.82. The first-order valence-electron chi connectivity index (χ1n) is 6.40. The second kappa shape index (κ2) is 6.40.